The summed E-state index contributed by atoms with van der Waals surface area (Å²) in [6.45, 7) is 1.95. The van der Waals surface area contributed by atoms with Crippen molar-refractivity contribution in [2.75, 3.05) is 23.3 Å². The summed E-state index contributed by atoms with van der Waals surface area (Å²) < 4.78 is 36.6. The molecule has 1 aromatic carbocycles. The molecule has 0 radical (unpaired) electrons. The summed E-state index contributed by atoms with van der Waals surface area (Å²) in [4.78, 5) is 13.0. The predicted molar refractivity (Wildman–Crippen MR) is 83.6 cm³/mol. The highest BCUT2D eigenvalue weighted by atomic mass is 19.4. The molecule has 1 N–H and O–H groups in total. The summed E-state index contributed by atoms with van der Waals surface area (Å²) in [7, 11) is 0. The molecule has 1 fully saturated rings. The largest absolute Gasteiger partial charge is 0.471 e. The summed E-state index contributed by atoms with van der Waals surface area (Å²) in [6, 6.07) is 9.68. The van der Waals surface area contributed by atoms with Crippen LogP contribution in [-0.4, -0.2) is 35.4 Å². The van der Waals surface area contributed by atoms with Crippen molar-refractivity contribution in [3.05, 3.63) is 36.4 Å². The summed E-state index contributed by atoms with van der Waals surface area (Å²) in [5, 5.41) is 10.2. The first-order valence-corrected chi connectivity index (χ1v) is 7.51. The number of aromatic nitrogens is 2. The Morgan fingerprint density at radius 3 is 2.21 bits per heavy atom. The van der Waals surface area contributed by atoms with Gasteiger partial charge in [0, 0.05) is 24.3 Å². The molecule has 24 heavy (non-hydrogen) atoms. The van der Waals surface area contributed by atoms with Gasteiger partial charge in [-0.2, -0.15) is 13.2 Å². The van der Waals surface area contributed by atoms with E-state index >= 15 is 0 Å². The number of benzene rings is 1. The number of rotatable bonds is 3. The Morgan fingerprint density at radius 2 is 1.67 bits per heavy atom. The van der Waals surface area contributed by atoms with Gasteiger partial charge in [-0.25, -0.2) is 0 Å². The first-order valence-electron chi connectivity index (χ1n) is 7.51. The van der Waals surface area contributed by atoms with Gasteiger partial charge in [0.2, 0.25) is 0 Å². The summed E-state index contributed by atoms with van der Waals surface area (Å²) >= 11 is 0. The Morgan fingerprint density at radius 1 is 1.00 bits per heavy atom. The minimum Gasteiger partial charge on any atom is -0.355 e. The SMILES string of the molecule is O=C(Nc1ccc(-c2ccc(N3CCCC3)nn2)cc1)C(F)(F)F. The van der Waals surface area contributed by atoms with Gasteiger partial charge >= 0.3 is 12.1 Å². The van der Waals surface area contributed by atoms with Gasteiger partial charge in [-0.15, -0.1) is 10.2 Å². The van der Waals surface area contributed by atoms with E-state index < -0.39 is 12.1 Å². The highest BCUT2D eigenvalue weighted by molar-refractivity contribution is 5.95. The molecule has 0 unspecified atom stereocenters. The molecule has 1 aliphatic heterocycles. The second-order valence-electron chi connectivity index (χ2n) is 5.50. The van der Waals surface area contributed by atoms with Crippen LogP contribution in [0.1, 0.15) is 12.8 Å². The van der Waals surface area contributed by atoms with Gasteiger partial charge in [-0.05, 0) is 37.1 Å². The molecule has 2 heterocycles. The molecule has 0 spiro atoms. The van der Waals surface area contributed by atoms with Crippen LogP contribution < -0.4 is 10.2 Å². The lowest BCUT2D eigenvalue weighted by atomic mass is 10.1. The second-order valence-corrected chi connectivity index (χ2v) is 5.50. The molecule has 0 atom stereocenters. The van der Waals surface area contributed by atoms with E-state index in [9.17, 15) is 18.0 Å². The molecule has 126 valence electrons. The van der Waals surface area contributed by atoms with Crippen LogP contribution in [0.5, 0.6) is 0 Å². The van der Waals surface area contributed by atoms with E-state index in [4.69, 9.17) is 0 Å². The number of alkyl halides is 3. The molecule has 0 bridgehead atoms. The highest BCUT2D eigenvalue weighted by Gasteiger charge is 2.38. The molecule has 1 saturated heterocycles. The quantitative estimate of drug-likeness (QED) is 0.935. The number of carbonyl (C=O) groups is 1. The van der Waals surface area contributed by atoms with E-state index in [2.05, 4.69) is 15.1 Å². The Balaban J connectivity index is 1.70. The summed E-state index contributed by atoms with van der Waals surface area (Å²) in [6.07, 6.45) is -2.61. The molecule has 8 heteroatoms. The van der Waals surface area contributed by atoms with Crippen LogP contribution >= 0.6 is 0 Å². The number of hydrogen-bond acceptors (Lipinski definition) is 4. The molecular weight excluding hydrogens is 321 g/mol. The number of hydrogen-bond donors (Lipinski definition) is 1. The van der Waals surface area contributed by atoms with Crippen LogP contribution in [0.15, 0.2) is 36.4 Å². The fourth-order valence-electron chi connectivity index (χ4n) is 2.52. The molecule has 1 aliphatic rings. The highest BCUT2D eigenvalue weighted by Crippen LogP contribution is 2.23. The average molecular weight is 336 g/mol. The topological polar surface area (TPSA) is 58.1 Å². The third-order valence-corrected chi connectivity index (χ3v) is 3.78. The normalized spacial score (nSPS) is 14.7. The number of nitrogens with zero attached hydrogens (tertiary/aromatic N) is 3. The van der Waals surface area contributed by atoms with E-state index in [1.165, 1.54) is 12.1 Å². The molecule has 2 aromatic rings. The van der Waals surface area contributed by atoms with Crippen molar-refractivity contribution >= 4 is 17.4 Å². The van der Waals surface area contributed by atoms with E-state index in [0.717, 1.165) is 31.7 Å². The summed E-state index contributed by atoms with van der Waals surface area (Å²) in [5.41, 5.74) is 1.40. The fraction of sp³-hybridized carbons (Fsp3) is 0.312. The third kappa shape index (κ3) is 3.64. The first kappa shape index (κ1) is 16.2. The van der Waals surface area contributed by atoms with Crippen molar-refractivity contribution in [1.82, 2.24) is 10.2 Å². The Labute approximate surface area is 136 Å². The van der Waals surface area contributed by atoms with Gasteiger partial charge in [-0.3, -0.25) is 4.79 Å². The van der Waals surface area contributed by atoms with Crippen molar-refractivity contribution in [2.24, 2.45) is 0 Å². The van der Waals surface area contributed by atoms with Crippen LogP contribution in [0, 0.1) is 0 Å². The molecule has 1 amide bonds. The van der Waals surface area contributed by atoms with E-state index in [0.29, 0.717) is 11.3 Å². The number of nitrogens with one attached hydrogen (secondary N) is 1. The zero-order valence-corrected chi connectivity index (χ0v) is 12.7. The zero-order chi connectivity index (χ0) is 17.2. The van der Waals surface area contributed by atoms with Crippen molar-refractivity contribution in [3.8, 4) is 11.3 Å². The lowest BCUT2D eigenvalue weighted by Gasteiger charge is -2.15. The summed E-state index contributed by atoms with van der Waals surface area (Å²) in [5.74, 6) is -1.17. The maximum absolute atomic E-state index is 12.2. The first-order chi connectivity index (χ1) is 11.4. The van der Waals surface area contributed by atoms with Gasteiger partial charge in [0.25, 0.3) is 0 Å². The minimum atomic E-state index is -4.91. The molecule has 0 saturated carbocycles. The van der Waals surface area contributed by atoms with Gasteiger partial charge in [0.1, 0.15) is 0 Å². The zero-order valence-electron chi connectivity index (χ0n) is 12.7. The molecule has 1 aromatic heterocycles. The Hall–Kier alpha value is -2.64. The van der Waals surface area contributed by atoms with E-state index in [1.54, 1.807) is 17.4 Å². The number of halogens is 3. The smallest absolute Gasteiger partial charge is 0.355 e. The predicted octanol–water partition coefficient (Wildman–Crippen LogP) is 3.24. The standard InChI is InChI=1S/C16H15F3N4O/c17-16(18,19)15(24)20-12-5-3-11(4-6-12)13-7-8-14(22-21-13)23-9-1-2-10-23/h3-8H,1-2,9-10H2,(H,20,24). The van der Waals surface area contributed by atoms with Crippen molar-refractivity contribution in [2.45, 2.75) is 19.0 Å². The van der Waals surface area contributed by atoms with Crippen molar-refractivity contribution in [1.29, 1.82) is 0 Å². The minimum absolute atomic E-state index is 0.0720. The van der Waals surface area contributed by atoms with Crippen molar-refractivity contribution < 1.29 is 18.0 Å². The maximum atomic E-state index is 12.2. The lowest BCUT2D eigenvalue weighted by Crippen LogP contribution is -2.29. The second kappa shape index (κ2) is 6.46. The monoisotopic (exact) mass is 336 g/mol. The van der Waals surface area contributed by atoms with Crippen LogP contribution in [0.4, 0.5) is 24.7 Å². The number of amides is 1. The molecule has 3 rings (SSSR count). The molecular formula is C16H15F3N4O. The van der Waals surface area contributed by atoms with E-state index in [1.807, 2.05) is 12.1 Å². The number of carbonyl (C=O) groups excluding carboxylic acids is 1. The molecule has 5 nitrogen and oxygen atoms in total. The van der Waals surface area contributed by atoms with Gasteiger partial charge in [0.05, 0.1) is 5.69 Å². The van der Waals surface area contributed by atoms with Crippen LogP contribution in [0.3, 0.4) is 0 Å². The average Bonchev–Trinajstić information content (AvgIpc) is 3.09. The van der Waals surface area contributed by atoms with Crippen molar-refractivity contribution in [3.63, 3.8) is 0 Å². The Bertz CT molecular complexity index is 708. The molecule has 0 aliphatic carbocycles. The third-order valence-electron chi connectivity index (χ3n) is 3.78. The van der Waals surface area contributed by atoms with Gasteiger partial charge in [0.15, 0.2) is 5.82 Å². The van der Waals surface area contributed by atoms with E-state index in [-0.39, 0.29) is 5.69 Å². The maximum Gasteiger partial charge on any atom is 0.471 e. The van der Waals surface area contributed by atoms with Crippen LogP contribution in [0.25, 0.3) is 11.3 Å². The fourth-order valence-corrected chi connectivity index (χ4v) is 2.52. The number of anilines is 2. The Kier molecular flexibility index (Phi) is 4.37. The van der Waals surface area contributed by atoms with Crippen LogP contribution in [-0.2, 0) is 4.79 Å². The van der Waals surface area contributed by atoms with Gasteiger partial charge < -0.3 is 10.2 Å². The van der Waals surface area contributed by atoms with Crippen LogP contribution in [0.2, 0.25) is 0 Å². The lowest BCUT2D eigenvalue weighted by molar-refractivity contribution is -0.167. The van der Waals surface area contributed by atoms with Gasteiger partial charge in [-0.1, -0.05) is 12.1 Å².